The fraction of sp³-hybridized carbons (Fsp3) is 0.569. The van der Waals surface area contributed by atoms with Crippen LogP contribution >= 0.6 is 0 Å². The van der Waals surface area contributed by atoms with Crippen molar-refractivity contribution >= 4 is 59.2 Å². The van der Waals surface area contributed by atoms with E-state index in [4.69, 9.17) is 16.2 Å². The molecular weight excluding hydrogens is 945 g/mol. The molecular formula is C51H74N10O12. The van der Waals surface area contributed by atoms with Crippen LogP contribution < -0.4 is 38.1 Å². The van der Waals surface area contributed by atoms with Gasteiger partial charge in [0.05, 0.1) is 6.42 Å². The molecule has 400 valence electrons. The molecule has 9 atom stereocenters. The second kappa shape index (κ2) is 28.8. The predicted octanol–water partition coefficient (Wildman–Crippen LogP) is 0.522. The molecule has 2 aromatic carbocycles. The molecule has 0 aromatic heterocycles. The van der Waals surface area contributed by atoms with Crippen LogP contribution in [0.15, 0.2) is 65.7 Å². The normalized spacial score (nSPS) is 23.9. The molecule has 9 unspecified atom stereocenters. The molecule has 22 heteroatoms. The Morgan fingerprint density at radius 2 is 1.42 bits per heavy atom. The Labute approximate surface area is 426 Å². The summed E-state index contributed by atoms with van der Waals surface area (Å²) < 4.78 is 5.87. The lowest BCUT2D eigenvalue weighted by Gasteiger charge is -2.43. The molecule has 2 aromatic rings. The van der Waals surface area contributed by atoms with Crippen LogP contribution in [0.4, 0.5) is 0 Å². The third-order valence-electron chi connectivity index (χ3n) is 12.9. The van der Waals surface area contributed by atoms with Crippen molar-refractivity contribution in [3.8, 4) is 0 Å². The summed E-state index contributed by atoms with van der Waals surface area (Å²) in [6.45, 7) is 6.53. The second-order valence-corrected chi connectivity index (χ2v) is 19.0. The van der Waals surface area contributed by atoms with Crippen molar-refractivity contribution < 1.29 is 58.1 Å². The maximum absolute atomic E-state index is 15.1. The van der Waals surface area contributed by atoms with E-state index in [1.165, 1.54) is 14.0 Å². The van der Waals surface area contributed by atoms with Crippen molar-refractivity contribution in [1.82, 2.24) is 36.4 Å². The number of amides is 7. The topological polar surface area (TPSA) is 334 Å². The number of aliphatic hydroxyl groups is 1. The highest BCUT2D eigenvalue weighted by molar-refractivity contribution is 5.99. The Balaban J connectivity index is 1.84. The summed E-state index contributed by atoms with van der Waals surface area (Å²) in [7, 11) is 1.38. The lowest BCUT2D eigenvalue weighted by molar-refractivity contribution is -0.165. The zero-order valence-electron chi connectivity index (χ0n) is 42.4. The number of piperidine rings is 1. The van der Waals surface area contributed by atoms with Crippen molar-refractivity contribution in [2.45, 2.75) is 166 Å². The van der Waals surface area contributed by atoms with Crippen LogP contribution in [0, 0.1) is 5.92 Å². The average molecular weight is 1020 g/mol. The van der Waals surface area contributed by atoms with Gasteiger partial charge in [-0.3, -0.25) is 43.3 Å². The summed E-state index contributed by atoms with van der Waals surface area (Å²) in [5.74, 6) is -9.52. The number of nitrogens with one attached hydrogen (secondary N) is 5. The second-order valence-electron chi connectivity index (χ2n) is 19.0. The van der Waals surface area contributed by atoms with Gasteiger partial charge in [0.15, 0.2) is 5.96 Å². The fourth-order valence-electron chi connectivity index (χ4n) is 8.74. The highest BCUT2D eigenvalue weighted by Gasteiger charge is 2.46. The minimum absolute atomic E-state index is 0.00195. The van der Waals surface area contributed by atoms with E-state index in [0.717, 1.165) is 35.5 Å². The minimum Gasteiger partial charge on any atom is -0.481 e. The number of guanidine groups is 1. The van der Waals surface area contributed by atoms with E-state index < -0.39 is 120 Å². The predicted molar refractivity (Wildman–Crippen MR) is 268 cm³/mol. The summed E-state index contributed by atoms with van der Waals surface area (Å²) in [5.41, 5.74) is 12.3. The molecule has 2 fully saturated rings. The van der Waals surface area contributed by atoms with E-state index >= 15 is 4.79 Å². The minimum atomic E-state index is -1.87. The van der Waals surface area contributed by atoms with Gasteiger partial charge >= 0.3 is 11.9 Å². The van der Waals surface area contributed by atoms with E-state index in [0.29, 0.717) is 17.5 Å². The zero-order valence-corrected chi connectivity index (χ0v) is 42.4. The number of fused-ring (bicyclic) bond motifs is 2. The molecule has 0 saturated carbocycles. The molecule has 11 N–H and O–H groups in total. The number of unbranched alkanes of at least 4 members (excludes halogenated alkanes) is 4. The third-order valence-corrected chi connectivity index (χ3v) is 12.9. The number of carbonyl (C=O) groups is 9. The molecule has 2 aliphatic heterocycles. The summed E-state index contributed by atoms with van der Waals surface area (Å²) >= 11 is 0. The van der Waals surface area contributed by atoms with Crippen molar-refractivity contribution in [3.63, 3.8) is 0 Å². The number of carbonyl (C=O) groups excluding carboxylic acids is 8. The molecule has 0 spiro atoms. The van der Waals surface area contributed by atoms with E-state index in [-0.39, 0.29) is 57.5 Å². The van der Waals surface area contributed by atoms with Gasteiger partial charge in [0.1, 0.15) is 54.6 Å². The van der Waals surface area contributed by atoms with E-state index in [1.807, 2.05) is 6.92 Å². The number of ether oxygens (including phenoxy) is 1. The molecule has 73 heavy (non-hydrogen) atoms. The monoisotopic (exact) mass is 1020 g/mol. The molecule has 7 amide bonds. The first kappa shape index (κ1) is 58.5. The van der Waals surface area contributed by atoms with E-state index in [9.17, 15) is 48.6 Å². The van der Waals surface area contributed by atoms with E-state index in [2.05, 4.69) is 31.6 Å². The number of cyclic esters (lactones) is 1. The first-order chi connectivity index (χ1) is 34.7. The van der Waals surface area contributed by atoms with Crippen molar-refractivity contribution in [2.24, 2.45) is 22.4 Å². The highest BCUT2D eigenvalue weighted by atomic mass is 16.5. The Bertz CT molecular complexity index is 2250. The number of hydrogen-bond acceptors (Lipinski definition) is 12. The van der Waals surface area contributed by atoms with Gasteiger partial charge in [0.2, 0.25) is 41.4 Å². The van der Waals surface area contributed by atoms with Gasteiger partial charge in [0.25, 0.3) is 0 Å². The standard InChI is InChI=1S/C51H74N10O12/c1-6-7-8-9-16-23-39(62)55-36(29-41(64)65)45(67)59-43-31(4)73-50(72)42(30(2)3)58-46(68)37(27-32-18-12-10-13-19-32)60(5)49(71)38(28-33-20-14-11-15-21-33)61-40(63)25-24-35(48(61)70)57-44(66)34(56-47(43)69)22-17-26-54-51(52)53/h10-15,18-21,30-31,34-38,40,42-43,63H,6-9,16-17,22-29H2,1-5H3,(H,55,62)(H,56,69)(H,57,66)(H,58,68)(H,59,67)(H,64,65)(H4,52,53,54). The van der Waals surface area contributed by atoms with Crippen LogP contribution in [-0.4, -0.2) is 147 Å². The van der Waals surface area contributed by atoms with Crippen molar-refractivity contribution in [2.75, 3.05) is 13.6 Å². The molecule has 0 aliphatic carbocycles. The van der Waals surface area contributed by atoms with Gasteiger partial charge in [-0.2, -0.15) is 0 Å². The number of aliphatic hydroxyl groups excluding tert-OH is 1. The SMILES string of the molecule is CCCCCCCC(=O)NC(CC(=O)O)C(=O)NC1C(=O)NC(CCCN=C(N)N)C(=O)NC2CCC(O)N(C2=O)C(Cc2ccccc2)C(=O)N(C)C(Cc2ccccc2)C(=O)NC(C(C)C)C(=O)OC1C. The lowest BCUT2D eigenvalue weighted by Crippen LogP contribution is -2.65. The van der Waals surface area contributed by atoms with Crippen molar-refractivity contribution in [1.29, 1.82) is 0 Å². The van der Waals surface area contributed by atoms with Crippen LogP contribution in [0.2, 0.25) is 0 Å². The number of carboxylic acid groups (broad SMARTS) is 1. The van der Waals surface area contributed by atoms with Gasteiger partial charge in [0, 0.05) is 32.9 Å². The number of benzene rings is 2. The Hall–Kier alpha value is -7.10. The van der Waals surface area contributed by atoms with Gasteiger partial charge in [-0.05, 0) is 56.1 Å². The summed E-state index contributed by atoms with van der Waals surface area (Å²) in [6, 6.07) is 6.90. The maximum atomic E-state index is 15.1. The molecule has 2 bridgehead atoms. The lowest BCUT2D eigenvalue weighted by atomic mass is 9.95. The van der Waals surface area contributed by atoms with Gasteiger partial charge in [-0.25, -0.2) is 4.79 Å². The van der Waals surface area contributed by atoms with Crippen molar-refractivity contribution in [3.05, 3.63) is 71.8 Å². The number of esters is 1. The summed E-state index contributed by atoms with van der Waals surface area (Å²) in [5, 5.41) is 34.2. The highest BCUT2D eigenvalue weighted by Crippen LogP contribution is 2.25. The smallest absolute Gasteiger partial charge is 0.329 e. The van der Waals surface area contributed by atoms with Gasteiger partial charge < -0.3 is 62.8 Å². The molecule has 0 radical (unpaired) electrons. The third kappa shape index (κ3) is 17.9. The average Bonchev–Trinajstić information content (AvgIpc) is 3.34. The molecule has 4 rings (SSSR count). The van der Waals surface area contributed by atoms with Crippen LogP contribution in [0.3, 0.4) is 0 Å². The zero-order chi connectivity index (χ0) is 53.8. The van der Waals surface area contributed by atoms with E-state index in [1.54, 1.807) is 74.5 Å². The maximum Gasteiger partial charge on any atom is 0.329 e. The number of carboxylic acids is 1. The number of nitrogens with zero attached hydrogens (tertiary/aromatic N) is 3. The first-order valence-corrected chi connectivity index (χ1v) is 25.0. The summed E-state index contributed by atoms with van der Waals surface area (Å²) in [6.07, 6.45) is -0.407. The van der Waals surface area contributed by atoms with Crippen LogP contribution in [-0.2, 0) is 60.7 Å². The Kier molecular flexibility index (Phi) is 23.1. The first-order valence-electron chi connectivity index (χ1n) is 25.0. The number of nitrogens with two attached hydrogens (primary N) is 2. The largest absolute Gasteiger partial charge is 0.481 e. The number of hydrogen-bond donors (Lipinski definition) is 9. The number of aliphatic imine (C=N–C) groups is 1. The Morgan fingerprint density at radius 1 is 0.808 bits per heavy atom. The number of rotatable bonds is 20. The van der Waals surface area contributed by atoms with Crippen LogP contribution in [0.25, 0.3) is 0 Å². The van der Waals surface area contributed by atoms with Gasteiger partial charge in [-0.15, -0.1) is 0 Å². The van der Waals surface area contributed by atoms with Crippen LogP contribution in [0.5, 0.6) is 0 Å². The van der Waals surface area contributed by atoms with Gasteiger partial charge in [-0.1, -0.05) is 107 Å². The molecule has 22 nitrogen and oxygen atoms in total. The number of aliphatic carboxylic acids is 1. The fourth-order valence-corrected chi connectivity index (χ4v) is 8.74. The summed E-state index contributed by atoms with van der Waals surface area (Å²) in [4.78, 5) is 133. The van der Waals surface area contributed by atoms with Crippen LogP contribution in [0.1, 0.15) is 109 Å². The molecule has 2 saturated heterocycles. The quantitative estimate of drug-likeness (QED) is 0.0378. The molecule has 2 heterocycles. The molecule has 2 aliphatic rings. The Morgan fingerprint density at radius 3 is 2.01 bits per heavy atom. The number of likely N-dealkylation sites (N-methyl/N-ethyl adjacent to an activating group) is 1.